The number of hydrogen-bond donors (Lipinski definition) is 2. The molecule has 1 saturated heterocycles. The number of nitrogens with zero attached hydrogens (tertiary/aromatic N) is 1. The van der Waals surface area contributed by atoms with E-state index >= 15 is 0 Å². The van der Waals surface area contributed by atoms with Gasteiger partial charge in [0, 0.05) is 24.8 Å². The lowest BCUT2D eigenvalue weighted by atomic mass is 9.99. The third-order valence-electron chi connectivity index (χ3n) is 4.18. The fourth-order valence-corrected chi connectivity index (χ4v) is 3.02. The molecule has 1 aromatic rings. The van der Waals surface area contributed by atoms with Gasteiger partial charge in [0.15, 0.2) is 0 Å². The van der Waals surface area contributed by atoms with Gasteiger partial charge < -0.3 is 14.9 Å². The molecule has 1 aliphatic heterocycles. The first-order valence-corrected chi connectivity index (χ1v) is 8.05. The molecule has 0 amide bonds. The molecule has 2 N–H and O–H groups in total. The summed E-state index contributed by atoms with van der Waals surface area (Å²) in [7, 11) is 0. The van der Waals surface area contributed by atoms with E-state index in [2.05, 4.69) is 4.90 Å². The van der Waals surface area contributed by atoms with Gasteiger partial charge >= 0.3 is 0 Å². The smallest absolute Gasteiger partial charge is 0.128 e. The van der Waals surface area contributed by atoms with Crippen molar-refractivity contribution in [2.75, 3.05) is 26.3 Å². The number of piperidine rings is 1. The molecule has 1 heterocycles. The molecule has 1 aliphatic rings. The minimum absolute atomic E-state index is 0.170. The topological polar surface area (TPSA) is 52.9 Å². The van der Waals surface area contributed by atoms with Crippen LogP contribution in [0.3, 0.4) is 0 Å². The van der Waals surface area contributed by atoms with E-state index in [9.17, 15) is 9.50 Å². The maximum absolute atomic E-state index is 13.4. The molecule has 2 atom stereocenters. The standard InChI is InChI=1S/C17H26FNO3/c18-17-7-2-1-5-14(17)12-22-13-16(21)11-19-9-4-3-6-15(19)8-10-20/h1-2,5,7,15-16,20-21H,3-4,6,8-13H2/t15-,16-/m0/s1. The summed E-state index contributed by atoms with van der Waals surface area (Å²) in [5.41, 5.74) is 0.505. The van der Waals surface area contributed by atoms with Gasteiger partial charge in [-0.25, -0.2) is 4.39 Å². The SMILES string of the molecule is OCC[C@@H]1CCCCN1C[C@H](O)COCc1ccccc1F. The van der Waals surface area contributed by atoms with E-state index in [1.54, 1.807) is 18.2 Å². The molecule has 0 unspecified atom stereocenters. The normalized spacial score (nSPS) is 21.0. The molecule has 2 rings (SSSR count). The first-order valence-electron chi connectivity index (χ1n) is 8.05. The lowest BCUT2D eigenvalue weighted by Crippen LogP contribution is -2.45. The summed E-state index contributed by atoms with van der Waals surface area (Å²) in [4.78, 5) is 2.23. The van der Waals surface area contributed by atoms with Crippen LogP contribution in [0.4, 0.5) is 4.39 Å². The second-order valence-corrected chi connectivity index (χ2v) is 5.92. The van der Waals surface area contributed by atoms with E-state index in [0.717, 1.165) is 25.8 Å². The molecule has 0 spiro atoms. The van der Waals surface area contributed by atoms with Crippen molar-refractivity contribution < 1.29 is 19.3 Å². The van der Waals surface area contributed by atoms with Crippen LogP contribution < -0.4 is 0 Å². The fraction of sp³-hybridized carbons (Fsp3) is 0.647. The van der Waals surface area contributed by atoms with Crippen LogP contribution in [0, 0.1) is 5.82 Å². The number of benzene rings is 1. The predicted molar refractivity (Wildman–Crippen MR) is 83.0 cm³/mol. The van der Waals surface area contributed by atoms with Crippen LogP contribution in [-0.2, 0) is 11.3 Å². The Balaban J connectivity index is 1.72. The highest BCUT2D eigenvalue weighted by atomic mass is 19.1. The Morgan fingerprint density at radius 2 is 2.14 bits per heavy atom. The zero-order valence-corrected chi connectivity index (χ0v) is 13.0. The number of hydrogen-bond acceptors (Lipinski definition) is 4. The number of β-amino-alcohol motifs (C(OH)–C–C–N with tert-alkyl or cyclic N) is 1. The maximum atomic E-state index is 13.4. The Bertz CT molecular complexity index is 442. The number of halogens is 1. The molecule has 0 aliphatic carbocycles. The molecule has 0 radical (unpaired) electrons. The van der Waals surface area contributed by atoms with Gasteiger partial charge in [0.1, 0.15) is 5.82 Å². The molecular weight excluding hydrogens is 285 g/mol. The number of rotatable bonds is 8. The third kappa shape index (κ3) is 5.32. The summed E-state index contributed by atoms with van der Waals surface area (Å²) in [6.45, 7) is 2.04. The third-order valence-corrected chi connectivity index (χ3v) is 4.18. The monoisotopic (exact) mass is 311 g/mol. The summed E-state index contributed by atoms with van der Waals surface area (Å²) >= 11 is 0. The maximum Gasteiger partial charge on any atom is 0.128 e. The first-order chi connectivity index (χ1) is 10.7. The van der Waals surface area contributed by atoms with Crippen molar-refractivity contribution >= 4 is 0 Å². The molecule has 0 aromatic heterocycles. The zero-order chi connectivity index (χ0) is 15.8. The highest BCUT2D eigenvalue weighted by Gasteiger charge is 2.23. The van der Waals surface area contributed by atoms with Gasteiger partial charge in [-0.15, -0.1) is 0 Å². The van der Waals surface area contributed by atoms with Gasteiger partial charge in [-0.2, -0.15) is 0 Å². The van der Waals surface area contributed by atoms with Gasteiger partial charge in [-0.05, 0) is 31.9 Å². The summed E-state index contributed by atoms with van der Waals surface area (Å²) in [5.74, 6) is -0.281. The molecule has 5 heteroatoms. The Labute approximate surface area is 131 Å². The lowest BCUT2D eigenvalue weighted by Gasteiger charge is -2.36. The van der Waals surface area contributed by atoms with E-state index in [4.69, 9.17) is 9.84 Å². The van der Waals surface area contributed by atoms with E-state index in [-0.39, 0.29) is 25.6 Å². The summed E-state index contributed by atoms with van der Waals surface area (Å²) in [6.07, 6.45) is 3.55. The van der Waals surface area contributed by atoms with Crippen molar-refractivity contribution in [3.8, 4) is 0 Å². The summed E-state index contributed by atoms with van der Waals surface area (Å²) in [5, 5.41) is 19.2. The van der Waals surface area contributed by atoms with Gasteiger partial charge in [0.05, 0.1) is 19.3 Å². The second kappa shape index (κ2) is 9.20. The van der Waals surface area contributed by atoms with Gasteiger partial charge in [0.2, 0.25) is 0 Å². The van der Waals surface area contributed by atoms with Gasteiger partial charge in [-0.3, -0.25) is 4.90 Å². The first kappa shape index (κ1) is 17.3. The minimum Gasteiger partial charge on any atom is -0.396 e. The van der Waals surface area contributed by atoms with E-state index in [0.29, 0.717) is 18.2 Å². The molecule has 1 fully saturated rings. The summed E-state index contributed by atoms with van der Waals surface area (Å²) in [6, 6.07) is 6.85. The molecule has 0 bridgehead atoms. The predicted octanol–water partition coefficient (Wildman–Crippen LogP) is 1.94. The Kier molecular flexibility index (Phi) is 7.25. The van der Waals surface area contributed by atoms with Crippen molar-refractivity contribution in [3.63, 3.8) is 0 Å². The second-order valence-electron chi connectivity index (χ2n) is 5.92. The van der Waals surface area contributed by atoms with Crippen LogP contribution in [0.5, 0.6) is 0 Å². The van der Waals surface area contributed by atoms with E-state index in [1.165, 1.54) is 12.5 Å². The molecule has 0 saturated carbocycles. The van der Waals surface area contributed by atoms with Crippen molar-refractivity contribution in [2.45, 2.75) is 44.4 Å². The highest BCUT2D eigenvalue weighted by Crippen LogP contribution is 2.19. The largest absolute Gasteiger partial charge is 0.396 e. The number of aliphatic hydroxyl groups excluding tert-OH is 2. The van der Waals surface area contributed by atoms with Gasteiger partial charge in [-0.1, -0.05) is 24.6 Å². The van der Waals surface area contributed by atoms with Crippen LogP contribution in [0.25, 0.3) is 0 Å². The van der Waals surface area contributed by atoms with Crippen LogP contribution >= 0.6 is 0 Å². The molecule has 1 aromatic carbocycles. The van der Waals surface area contributed by atoms with Crippen molar-refractivity contribution in [3.05, 3.63) is 35.6 Å². The lowest BCUT2D eigenvalue weighted by molar-refractivity contribution is -0.00660. The highest BCUT2D eigenvalue weighted by molar-refractivity contribution is 5.16. The fourth-order valence-electron chi connectivity index (χ4n) is 3.02. The van der Waals surface area contributed by atoms with Crippen molar-refractivity contribution in [2.24, 2.45) is 0 Å². The molecule has 22 heavy (non-hydrogen) atoms. The quantitative estimate of drug-likeness (QED) is 0.770. The minimum atomic E-state index is -0.592. The zero-order valence-electron chi connectivity index (χ0n) is 13.0. The van der Waals surface area contributed by atoms with E-state index in [1.807, 2.05) is 0 Å². The van der Waals surface area contributed by atoms with Crippen LogP contribution in [-0.4, -0.2) is 53.6 Å². The Hall–Kier alpha value is -1.01. The van der Waals surface area contributed by atoms with Crippen LogP contribution in [0.1, 0.15) is 31.2 Å². The van der Waals surface area contributed by atoms with Crippen LogP contribution in [0.2, 0.25) is 0 Å². The van der Waals surface area contributed by atoms with Crippen molar-refractivity contribution in [1.82, 2.24) is 4.90 Å². The number of likely N-dealkylation sites (tertiary alicyclic amines) is 1. The molecule has 4 nitrogen and oxygen atoms in total. The number of ether oxygens (including phenoxy) is 1. The Morgan fingerprint density at radius 1 is 1.32 bits per heavy atom. The molecule has 124 valence electrons. The Morgan fingerprint density at radius 3 is 2.91 bits per heavy atom. The molecular formula is C17H26FNO3. The number of aliphatic hydroxyl groups is 2. The average molecular weight is 311 g/mol. The van der Waals surface area contributed by atoms with E-state index < -0.39 is 6.10 Å². The van der Waals surface area contributed by atoms with Crippen LogP contribution in [0.15, 0.2) is 24.3 Å². The average Bonchev–Trinajstić information content (AvgIpc) is 2.51. The summed E-state index contributed by atoms with van der Waals surface area (Å²) < 4.78 is 18.9. The van der Waals surface area contributed by atoms with Crippen molar-refractivity contribution in [1.29, 1.82) is 0 Å². The van der Waals surface area contributed by atoms with Gasteiger partial charge in [0.25, 0.3) is 0 Å².